The summed E-state index contributed by atoms with van der Waals surface area (Å²) in [5, 5.41) is 3.41. The van der Waals surface area contributed by atoms with E-state index in [0.717, 1.165) is 36.7 Å². The van der Waals surface area contributed by atoms with E-state index in [1.165, 1.54) is 13.4 Å². The third kappa shape index (κ3) is 4.09. The molecule has 10 heteroatoms. The van der Waals surface area contributed by atoms with Crippen molar-refractivity contribution in [3.63, 3.8) is 0 Å². The summed E-state index contributed by atoms with van der Waals surface area (Å²) in [7, 11) is 1.35. The molecule has 0 bridgehead atoms. The zero-order valence-corrected chi connectivity index (χ0v) is 15.2. The molecule has 0 aliphatic carbocycles. The summed E-state index contributed by atoms with van der Waals surface area (Å²) in [5.74, 6) is 1.35. The Labute approximate surface area is 155 Å². The van der Waals surface area contributed by atoms with Gasteiger partial charge in [0.05, 0.1) is 0 Å². The van der Waals surface area contributed by atoms with Gasteiger partial charge in [-0.2, -0.15) is 23.3 Å². The molecule has 7 nitrogen and oxygen atoms in total. The van der Waals surface area contributed by atoms with Crippen molar-refractivity contribution in [2.24, 2.45) is 18.9 Å². The second kappa shape index (κ2) is 7.24. The number of piperidine rings is 1. The standard InChI is InChI=1S/C17H22F3N6O/c1-10(2)11-4-6-26(7-5-11)15-14(21)16(23-9-22-15)27-13-8-12(17(18,19)20)24-25(13)3/h8-11H,1,4-7,21H2,2-3H3. The van der Waals surface area contributed by atoms with E-state index in [-0.39, 0.29) is 17.4 Å². The van der Waals surface area contributed by atoms with Crippen LogP contribution in [0.1, 0.15) is 25.5 Å². The summed E-state index contributed by atoms with van der Waals surface area (Å²) in [4.78, 5) is 10.2. The quantitative estimate of drug-likeness (QED) is 0.873. The second-order valence-corrected chi connectivity index (χ2v) is 6.81. The molecular weight excluding hydrogens is 361 g/mol. The van der Waals surface area contributed by atoms with Crippen LogP contribution in [0.3, 0.4) is 0 Å². The van der Waals surface area contributed by atoms with Crippen LogP contribution in [0.15, 0.2) is 12.4 Å². The van der Waals surface area contributed by atoms with Gasteiger partial charge in [0.2, 0.25) is 11.8 Å². The number of nitrogens with two attached hydrogens (primary N) is 1. The van der Waals surface area contributed by atoms with Crippen molar-refractivity contribution in [2.45, 2.75) is 25.9 Å². The number of alkyl halides is 3. The molecular formula is C17H22F3N6O. The fourth-order valence-corrected chi connectivity index (χ4v) is 3.17. The van der Waals surface area contributed by atoms with Gasteiger partial charge in [-0.3, -0.25) is 0 Å². The number of hydrogen-bond acceptors (Lipinski definition) is 6. The van der Waals surface area contributed by atoms with Gasteiger partial charge in [-0.05, 0) is 24.7 Å². The number of nitrogens with zero attached hydrogens (tertiary/aromatic N) is 5. The van der Waals surface area contributed by atoms with Crippen LogP contribution in [0.5, 0.6) is 11.8 Å². The van der Waals surface area contributed by atoms with Gasteiger partial charge < -0.3 is 15.4 Å². The molecule has 1 aliphatic heterocycles. The van der Waals surface area contributed by atoms with Crippen molar-refractivity contribution < 1.29 is 17.9 Å². The fraction of sp³-hybridized carbons (Fsp3) is 0.529. The first-order valence-corrected chi connectivity index (χ1v) is 8.64. The minimum Gasteiger partial charge on any atom is -0.419 e. The van der Waals surface area contributed by atoms with E-state index in [1.807, 2.05) is 4.90 Å². The van der Waals surface area contributed by atoms with Crippen LogP contribution in [-0.4, -0.2) is 32.8 Å². The van der Waals surface area contributed by atoms with Crippen LogP contribution in [0.4, 0.5) is 24.7 Å². The molecule has 3 rings (SSSR count). The van der Waals surface area contributed by atoms with Gasteiger partial charge in [-0.25, -0.2) is 9.67 Å². The molecule has 1 saturated heterocycles. The normalized spacial score (nSPS) is 16.2. The molecule has 3 heterocycles. The molecule has 0 spiro atoms. The summed E-state index contributed by atoms with van der Waals surface area (Å²) >= 11 is 0. The summed E-state index contributed by atoms with van der Waals surface area (Å²) in [6.07, 6.45) is -1.32. The number of nitrogen functional groups attached to an aromatic ring is 1. The Bertz CT molecular complexity index is 796. The average molecular weight is 383 g/mol. The third-order valence-corrected chi connectivity index (χ3v) is 4.80. The molecule has 0 amide bonds. The number of ether oxygens (including phenoxy) is 1. The molecule has 2 N–H and O–H groups in total. The van der Waals surface area contributed by atoms with E-state index in [4.69, 9.17) is 10.5 Å². The highest BCUT2D eigenvalue weighted by molar-refractivity contribution is 5.68. The number of anilines is 2. The molecule has 2 aromatic heterocycles. The van der Waals surface area contributed by atoms with Crippen molar-refractivity contribution in [1.29, 1.82) is 0 Å². The molecule has 1 atom stereocenters. The third-order valence-electron chi connectivity index (χ3n) is 4.80. The first kappa shape index (κ1) is 19.2. The lowest BCUT2D eigenvalue weighted by molar-refractivity contribution is -0.141. The maximum atomic E-state index is 12.8. The maximum absolute atomic E-state index is 12.8. The number of aromatic nitrogens is 4. The Hall–Kier alpha value is -2.52. The molecule has 2 aromatic rings. The summed E-state index contributed by atoms with van der Waals surface area (Å²) in [5.41, 5.74) is 5.29. The molecule has 1 unspecified atom stereocenters. The summed E-state index contributed by atoms with van der Waals surface area (Å²) < 4.78 is 44.9. The van der Waals surface area contributed by atoms with E-state index in [2.05, 4.69) is 28.9 Å². The van der Waals surface area contributed by atoms with Gasteiger partial charge in [-0.1, -0.05) is 13.8 Å². The smallest absolute Gasteiger partial charge is 0.419 e. The number of hydrogen-bond donors (Lipinski definition) is 1. The predicted molar refractivity (Wildman–Crippen MR) is 94.2 cm³/mol. The second-order valence-electron chi connectivity index (χ2n) is 6.81. The first-order valence-electron chi connectivity index (χ1n) is 8.64. The lowest BCUT2D eigenvalue weighted by Gasteiger charge is -2.35. The zero-order valence-electron chi connectivity index (χ0n) is 15.2. The Morgan fingerprint density at radius 3 is 2.52 bits per heavy atom. The average Bonchev–Trinajstić information content (AvgIpc) is 2.98. The van der Waals surface area contributed by atoms with Crippen molar-refractivity contribution in [3.05, 3.63) is 25.0 Å². The van der Waals surface area contributed by atoms with Gasteiger partial charge in [0.1, 0.15) is 12.0 Å². The van der Waals surface area contributed by atoms with E-state index in [0.29, 0.717) is 17.7 Å². The van der Waals surface area contributed by atoms with Crippen LogP contribution in [-0.2, 0) is 13.2 Å². The highest BCUT2D eigenvalue weighted by atomic mass is 19.4. The van der Waals surface area contributed by atoms with Gasteiger partial charge >= 0.3 is 6.18 Å². The van der Waals surface area contributed by atoms with Crippen molar-refractivity contribution in [2.75, 3.05) is 23.7 Å². The highest BCUT2D eigenvalue weighted by Crippen LogP contribution is 2.36. The van der Waals surface area contributed by atoms with E-state index in [9.17, 15) is 13.2 Å². The van der Waals surface area contributed by atoms with Gasteiger partial charge in [0.15, 0.2) is 11.5 Å². The summed E-state index contributed by atoms with van der Waals surface area (Å²) in [6, 6.07) is 0.808. The maximum Gasteiger partial charge on any atom is 0.435 e. The fourth-order valence-electron chi connectivity index (χ4n) is 3.17. The monoisotopic (exact) mass is 383 g/mol. The topological polar surface area (TPSA) is 82.1 Å². The van der Waals surface area contributed by atoms with Crippen LogP contribution < -0.4 is 15.4 Å². The molecule has 0 saturated carbocycles. The Morgan fingerprint density at radius 1 is 1.30 bits per heavy atom. The Balaban J connectivity index is 1.79. The van der Waals surface area contributed by atoms with Gasteiger partial charge in [0, 0.05) is 26.2 Å². The van der Waals surface area contributed by atoms with Crippen LogP contribution in [0.2, 0.25) is 0 Å². The van der Waals surface area contributed by atoms with Crippen LogP contribution in [0.25, 0.3) is 0 Å². The minimum atomic E-state index is -4.56. The lowest BCUT2D eigenvalue weighted by atomic mass is 9.87. The van der Waals surface area contributed by atoms with Gasteiger partial charge in [0.25, 0.3) is 0 Å². The molecule has 1 fully saturated rings. The predicted octanol–water partition coefficient (Wildman–Crippen LogP) is 3.29. The Kier molecular flexibility index (Phi) is 5.16. The Morgan fingerprint density at radius 2 is 1.96 bits per heavy atom. The lowest BCUT2D eigenvalue weighted by Crippen LogP contribution is -2.36. The molecule has 1 radical (unpaired) electrons. The summed E-state index contributed by atoms with van der Waals surface area (Å²) in [6.45, 7) is 7.74. The molecule has 147 valence electrons. The minimum absolute atomic E-state index is 0.00405. The van der Waals surface area contributed by atoms with Crippen LogP contribution >= 0.6 is 0 Å². The molecule has 27 heavy (non-hydrogen) atoms. The van der Waals surface area contributed by atoms with E-state index in [1.54, 1.807) is 0 Å². The van der Waals surface area contributed by atoms with Crippen molar-refractivity contribution >= 4 is 11.5 Å². The van der Waals surface area contributed by atoms with E-state index < -0.39 is 11.9 Å². The zero-order chi connectivity index (χ0) is 19.8. The first-order chi connectivity index (χ1) is 12.7. The largest absolute Gasteiger partial charge is 0.435 e. The molecule has 0 aromatic carbocycles. The van der Waals surface area contributed by atoms with Crippen LogP contribution in [0, 0.1) is 18.8 Å². The highest BCUT2D eigenvalue weighted by Gasteiger charge is 2.35. The number of rotatable bonds is 4. The molecule has 1 aliphatic rings. The SMILES string of the molecule is [CH2]C(C)C1CCN(c2ncnc(Oc3cc(C(F)(F)F)nn3C)c2N)CC1. The van der Waals surface area contributed by atoms with Gasteiger partial charge in [-0.15, -0.1) is 0 Å². The number of halogens is 3. The van der Waals surface area contributed by atoms with E-state index >= 15 is 0 Å². The van der Waals surface area contributed by atoms with Crippen molar-refractivity contribution in [3.8, 4) is 11.8 Å². The van der Waals surface area contributed by atoms with Crippen molar-refractivity contribution in [1.82, 2.24) is 19.7 Å². The number of aryl methyl sites for hydroxylation is 1.